The summed E-state index contributed by atoms with van der Waals surface area (Å²) in [5, 5.41) is 4.93. The molecule has 1 aliphatic heterocycles. The highest BCUT2D eigenvalue weighted by molar-refractivity contribution is 6.33. The van der Waals surface area contributed by atoms with Gasteiger partial charge in [0.2, 0.25) is 0 Å². The third-order valence-electron chi connectivity index (χ3n) is 5.51. The fraction of sp³-hybridized carbons (Fsp3) is 0.364. The molecule has 3 heterocycles. The monoisotopic (exact) mass is 459 g/mol. The molecule has 1 amide bonds. The van der Waals surface area contributed by atoms with Crippen molar-refractivity contribution in [1.29, 1.82) is 0 Å². The Morgan fingerprint density at radius 1 is 1.22 bits per heavy atom. The molecule has 32 heavy (non-hydrogen) atoms. The zero-order chi connectivity index (χ0) is 22.7. The molecule has 1 aromatic carbocycles. The second kappa shape index (κ2) is 9.52. The molecule has 2 aromatic heterocycles. The number of amides is 1. The van der Waals surface area contributed by atoms with Gasteiger partial charge in [-0.05, 0) is 56.0 Å². The number of pyridine rings is 1. The molecule has 0 N–H and O–H groups in total. The van der Waals surface area contributed by atoms with E-state index in [1.54, 1.807) is 24.1 Å². The van der Waals surface area contributed by atoms with Crippen molar-refractivity contribution in [2.45, 2.75) is 26.3 Å². The SMILES string of the molecule is CCOC(=O)N1CCC(Cn2nc(-c3ccncc3Cl)n(-c3ccc(F)cc3)c2=O)CC1. The minimum Gasteiger partial charge on any atom is -0.450 e. The van der Waals surface area contributed by atoms with Gasteiger partial charge in [-0.3, -0.25) is 4.98 Å². The van der Waals surface area contributed by atoms with E-state index in [-0.39, 0.29) is 17.7 Å². The first-order valence-corrected chi connectivity index (χ1v) is 10.8. The van der Waals surface area contributed by atoms with E-state index in [1.807, 2.05) is 0 Å². The second-order valence-corrected chi connectivity index (χ2v) is 7.99. The van der Waals surface area contributed by atoms with Crippen molar-refractivity contribution >= 4 is 17.7 Å². The summed E-state index contributed by atoms with van der Waals surface area (Å²) in [6, 6.07) is 7.33. The number of carbonyl (C=O) groups is 1. The van der Waals surface area contributed by atoms with Crippen molar-refractivity contribution in [2.24, 2.45) is 5.92 Å². The van der Waals surface area contributed by atoms with Gasteiger partial charge in [0.25, 0.3) is 0 Å². The van der Waals surface area contributed by atoms with Crippen LogP contribution in [-0.4, -0.2) is 50.0 Å². The van der Waals surface area contributed by atoms with Crippen LogP contribution in [0.25, 0.3) is 17.1 Å². The lowest BCUT2D eigenvalue weighted by Gasteiger charge is -2.30. The lowest BCUT2D eigenvalue weighted by molar-refractivity contribution is 0.0894. The van der Waals surface area contributed by atoms with E-state index in [9.17, 15) is 14.0 Å². The van der Waals surface area contributed by atoms with Gasteiger partial charge in [0, 0.05) is 37.6 Å². The van der Waals surface area contributed by atoms with Gasteiger partial charge >= 0.3 is 11.8 Å². The van der Waals surface area contributed by atoms with Crippen LogP contribution in [0.5, 0.6) is 0 Å². The molecule has 168 valence electrons. The molecule has 1 fully saturated rings. The van der Waals surface area contributed by atoms with Gasteiger partial charge < -0.3 is 9.64 Å². The van der Waals surface area contributed by atoms with Crippen molar-refractivity contribution in [2.75, 3.05) is 19.7 Å². The van der Waals surface area contributed by atoms with Crippen LogP contribution in [0, 0.1) is 11.7 Å². The van der Waals surface area contributed by atoms with Crippen molar-refractivity contribution in [1.82, 2.24) is 24.2 Å². The number of ether oxygens (including phenoxy) is 1. The van der Waals surface area contributed by atoms with Crippen LogP contribution in [0.3, 0.4) is 0 Å². The Kier molecular flexibility index (Phi) is 6.55. The molecule has 0 bridgehead atoms. The minimum absolute atomic E-state index is 0.177. The molecule has 1 aliphatic rings. The highest BCUT2D eigenvalue weighted by atomic mass is 35.5. The molecular weight excluding hydrogens is 437 g/mol. The zero-order valence-electron chi connectivity index (χ0n) is 17.6. The Balaban J connectivity index is 1.64. The molecule has 0 aliphatic carbocycles. The predicted octanol–water partition coefficient (Wildman–Crippen LogP) is 3.76. The van der Waals surface area contributed by atoms with Gasteiger partial charge in [-0.2, -0.15) is 0 Å². The summed E-state index contributed by atoms with van der Waals surface area (Å²) in [6.45, 7) is 3.66. The summed E-state index contributed by atoms with van der Waals surface area (Å²) >= 11 is 6.33. The van der Waals surface area contributed by atoms with Gasteiger partial charge in [-0.15, -0.1) is 5.10 Å². The smallest absolute Gasteiger partial charge is 0.409 e. The third-order valence-corrected chi connectivity index (χ3v) is 5.81. The molecule has 10 heteroatoms. The van der Waals surface area contributed by atoms with Crippen LogP contribution in [0.2, 0.25) is 5.02 Å². The average Bonchev–Trinajstić information content (AvgIpc) is 3.11. The molecule has 1 saturated heterocycles. The first kappa shape index (κ1) is 22.0. The minimum atomic E-state index is -0.397. The Labute approximate surface area is 189 Å². The van der Waals surface area contributed by atoms with Crippen LogP contribution in [0.15, 0.2) is 47.5 Å². The molecule has 0 spiro atoms. The van der Waals surface area contributed by atoms with E-state index < -0.39 is 5.82 Å². The zero-order valence-corrected chi connectivity index (χ0v) is 18.3. The number of likely N-dealkylation sites (tertiary alicyclic amines) is 1. The topological polar surface area (TPSA) is 82.2 Å². The number of halogens is 2. The number of carbonyl (C=O) groups excluding carboxylic acids is 1. The number of nitrogens with zero attached hydrogens (tertiary/aromatic N) is 5. The highest BCUT2D eigenvalue weighted by Gasteiger charge is 2.26. The molecule has 3 aromatic rings. The third kappa shape index (κ3) is 4.52. The largest absolute Gasteiger partial charge is 0.450 e. The predicted molar refractivity (Wildman–Crippen MR) is 117 cm³/mol. The first-order valence-electron chi connectivity index (χ1n) is 10.4. The number of piperidine rings is 1. The number of hydrogen-bond acceptors (Lipinski definition) is 5. The number of benzene rings is 1. The van der Waals surface area contributed by atoms with Crippen molar-refractivity contribution in [3.63, 3.8) is 0 Å². The highest BCUT2D eigenvalue weighted by Crippen LogP contribution is 2.27. The van der Waals surface area contributed by atoms with Crippen LogP contribution < -0.4 is 5.69 Å². The summed E-state index contributed by atoms with van der Waals surface area (Å²) in [7, 11) is 0. The summed E-state index contributed by atoms with van der Waals surface area (Å²) in [6.07, 6.45) is 4.23. The van der Waals surface area contributed by atoms with Gasteiger partial charge in [-0.1, -0.05) is 11.6 Å². The number of rotatable bonds is 5. The summed E-state index contributed by atoms with van der Waals surface area (Å²) in [5.41, 5.74) is 0.703. The van der Waals surface area contributed by atoms with Gasteiger partial charge in [0.05, 0.1) is 17.3 Å². The maximum Gasteiger partial charge on any atom is 0.409 e. The van der Waals surface area contributed by atoms with Gasteiger partial charge in [0.15, 0.2) is 5.82 Å². The molecule has 0 atom stereocenters. The molecule has 0 unspecified atom stereocenters. The maximum absolute atomic E-state index is 13.5. The van der Waals surface area contributed by atoms with E-state index in [4.69, 9.17) is 16.3 Å². The Morgan fingerprint density at radius 2 is 1.94 bits per heavy atom. The molecule has 0 radical (unpaired) electrons. The van der Waals surface area contributed by atoms with E-state index in [1.165, 1.54) is 39.7 Å². The molecule has 8 nitrogen and oxygen atoms in total. The lowest BCUT2D eigenvalue weighted by atomic mass is 9.97. The molecule has 0 saturated carbocycles. The summed E-state index contributed by atoms with van der Waals surface area (Å²) in [5.74, 6) is 0.139. The van der Waals surface area contributed by atoms with Crippen LogP contribution in [0.1, 0.15) is 19.8 Å². The Morgan fingerprint density at radius 3 is 2.59 bits per heavy atom. The van der Waals surface area contributed by atoms with Crippen molar-refractivity contribution in [3.8, 4) is 17.1 Å². The average molecular weight is 460 g/mol. The fourth-order valence-corrected chi connectivity index (χ4v) is 4.04. The van der Waals surface area contributed by atoms with E-state index in [0.29, 0.717) is 48.3 Å². The number of aromatic nitrogens is 4. The molecular formula is C22H23ClFN5O3. The fourth-order valence-electron chi connectivity index (χ4n) is 3.84. The van der Waals surface area contributed by atoms with Crippen LogP contribution in [-0.2, 0) is 11.3 Å². The first-order chi connectivity index (χ1) is 15.5. The maximum atomic E-state index is 13.5. The van der Waals surface area contributed by atoms with Crippen molar-refractivity contribution in [3.05, 3.63) is 64.0 Å². The van der Waals surface area contributed by atoms with E-state index in [2.05, 4.69) is 10.1 Å². The quantitative estimate of drug-likeness (QED) is 0.580. The summed E-state index contributed by atoms with van der Waals surface area (Å²) < 4.78 is 21.4. The van der Waals surface area contributed by atoms with Crippen molar-refractivity contribution < 1.29 is 13.9 Å². The van der Waals surface area contributed by atoms with Gasteiger partial charge in [-0.25, -0.2) is 23.2 Å². The normalized spacial score (nSPS) is 14.5. The second-order valence-electron chi connectivity index (χ2n) is 7.58. The van der Waals surface area contributed by atoms with Crippen LogP contribution in [0.4, 0.5) is 9.18 Å². The lowest BCUT2D eigenvalue weighted by Crippen LogP contribution is -2.40. The standard InChI is InChI=1S/C22H23ClFN5O3/c1-2-32-22(31)27-11-8-15(9-12-27)14-28-21(30)29(17-5-3-16(24)4-6-17)20(26-28)18-7-10-25-13-19(18)23/h3-7,10,13,15H,2,8-9,11-12,14H2,1H3. The van der Waals surface area contributed by atoms with E-state index >= 15 is 0 Å². The van der Waals surface area contributed by atoms with E-state index in [0.717, 1.165) is 12.8 Å². The summed E-state index contributed by atoms with van der Waals surface area (Å²) in [4.78, 5) is 30.9. The number of hydrogen-bond donors (Lipinski definition) is 0. The Hall–Kier alpha value is -3.20. The van der Waals surface area contributed by atoms with Gasteiger partial charge in [0.1, 0.15) is 5.82 Å². The van der Waals surface area contributed by atoms with Crippen LogP contribution >= 0.6 is 11.6 Å². The Bertz CT molecular complexity index is 1150. The molecule has 4 rings (SSSR count).